The van der Waals surface area contributed by atoms with E-state index in [0.717, 1.165) is 23.4 Å². The maximum absolute atomic E-state index is 4.48. The van der Waals surface area contributed by atoms with Crippen molar-refractivity contribution >= 4 is 18.0 Å². The van der Waals surface area contributed by atoms with Crippen LogP contribution in [0.4, 0.5) is 0 Å². The molecule has 0 saturated carbocycles. The molecule has 0 amide bonds. The lowest BCUT2D eigenvalue weighted by molar-refractivity contribution is 0.463. The summed E-state index contributed by atoms with van der Waals surface area (Å²) in [5, 5.41) is 0. The second kappa shape index (κ2) is 7.07. The SMILES string of the molecule is C=C(CN(C)C)c1ncccc1-c1ccccc1.Cl. The summed E-state index contributed by atoms with van der Waals surface area (Å²) in [5.41, 5.74) is 4.35. The summed E-state index contributed by atoms with van der Waals surface area (Å²) in [6.45, 7) is 4.96. The minimum atomic E-state index is 0. The number of nitrogens with zero attached hydrogens (tertiary/aromatic N) is 2. The fourth-order valence-electron chi connectivity index (χ4n) is 1.99. The Balaban J connectivity index is 0.00000180. The predicted octanol–water partition coefficient (Wildman–Crippen LogP) is 3.75. The lowest BCUT2D eigenvalue weighted by atomic mass is 10.00. The quantitative estimate of drug-likeness (QED) is 0.844. The number of benzene rings is 1. The van der Waals surface area contributed by atoms with Gasteiger partial charge in [-0.15, -0.1) is 12.4 Å². The highest BCUT2D eigenvalue weighted by atomic mass is 35.5. The molecule has 0 aliphatic rings. The van der Waals surface area contributed by atoms with Gasteiger partial charge in [-0.25, -0.2) is 0 Å². The number of pyridine rings is 1. The Morgan fingerprint density at radius 2 is 1.79 bits per heavy atom. The first-order valence-electron chi connectivity index (χ1n) is 6.02. The molecule has 100 valence electrons. The summed E-state index contributed by atoms with van der Waals surface area (Å²) < 4.78 is 0. The molecule has 1 aromatic carbocycles. The fraction of sp³-hybridized carbons (Fsp3) is 0.188. The highest BCUT2D eigenvalue weighted by Gasteiger charge is 2.09. The van der Waals surface area contributed by atoms with Crippen LogP contribution >= 0.6 is 12.4 Å². The van der Waals surface area contributed by atoms with E-state index in [1.54, 1.807) is 0 Å². The van der Waals surface area contributed by atoms with Crippen molar-refractivity contribution in [2.24, 2.45) is 0 Å². The van der Waals surface area contributed by atoms with Gasteiger partial charge in [-0.1, -0.05) is 43.0 Å². The highest BCUT2D eigenvalue weighted by molar-refractivity contribution is 5.85. The number of rotatable bonds is 4. The molecule has 0 spiro atoms. The van der Waals surface area contributed by atoms with Gasteiger partial charge in [0.2, 0.25) is 0 Å². The summed E-state index contributed by atoms with van der Waals surface area (Å²) in [5.74, 6) is 0. The normalized spacial score (nSPS) is 10.1. The third kappa shape index (κ3) is 3.91. The molecule has 1 aromatic heterocycles. The van der Waals surface area contributed by atoms with Crippen molar-refractivity contribution < 1.29 is 0 Å². The van der Waals surface area contributed by atoms with E-state index in [4.69, 9.17) is 0 Å². The van der Waals surface area contributed by atoms with Crippen molar-refractivity contribution in [1.82, 2.24) is 9.88 Å². The zero-order chi connectivity index (χ0) is 13.0. The Labute approximate surface area is 121 Å². The third-order valence-corrected chi connectivity index (χ3v) is 2.73. The average molecular weight is 275 g/mol. The molecule has 0 saturated heterocycles. The zero-order valence-corrected chi connectivity index (χ0v) is 12.2. The molecule has 2 nitrogen and oxygen atoms in total. The molecule has 0 aliphatic carbocycles. The first-order chi connectivity index (χ1) is 8.68. The number of hydrogen-bond donors (Lipinski definition) is 0. The van der Waals surface area contributed by atoms with Gasteiger partial charge < -0.3 is 4.90 Å². The molecule has 0 unspecified atom stereocenters. The minimum Gasteiger partial charge on any atom is -0.305 e. The summed E-state index contributed by atoms with van der Waals surface area (Å²) >= 11 is 0. The van der Waals surface area contributed by atoms with Crippen LogP contribution in [0.25, 0.3) is 16.7 Å². The van der Waals surface area contributed by atoms with Crippen molar-refractivity contribution in [3.8, 4) is 11.1 Å². The molecule has 0 aliphatic heterocycles. The van der Waals surface area contributed by atoms with Crippen LogP contribution < -0.4 is 0 Å². The van der Waals surface area contributed by atoms with Crippen LogP contribution in [0.2, 0.25) is 0 Å². The number of hydrogen-bond acceptors (Lipinski definition) is 2. The van der Waals surface area contributed by atoms with Crippen LogP contribution in [0, 0.1) is 0 Å². The number of halogens is 1. The summed E-state index contributed by atoms with van der Waals surface area (Å²) in [6, 6.07) is 14.4. The van der Waals surface area contributed by atoms with Gasteiger partial charge in [-0.2, -0.15) is 0 Å². The van der Waals surface area contributed by atoms with Gasteiger partial charge in [0.15, 0.2) is 0 Å². The van der Waals surface area contributed by atoms with Crippen LogP contribution in [0.3, 0.4) is 0 Å². The van der Waals surface area contributed by atoms with Crippen LogP contribution in [-0.2, 0) is 0 Å². The van der Waals surface area contributed by atoms with E-state index in [-0.39, 0.29) is 12.4 Å². The maximum Gasteiger partial charge on any atom is 0.0747 e. The van der Waals surface area contributed by atoms with Gasteiger partial charge >= 0.3 is 0 Å². The van der Waals surface area contributed by atoms with Crippen molar-refractivity contribution in [1.29, 1.82) is 0 Å². The van der Waals surface area contributed by atoms with E-state index in [1.165, 1.54) is 5.56 Å². The van der Waals surface area contributed by atoms with E-state index in [2.05, 4.69) is 34.7 Å². The molecule has 1 heterocycles. The Morgan fingerprint density at radius 1 is 1.11 bits per heavy atom. The minimum absolute atomic E-state index is 0. The average Bonchev–Trinajstić information content (AvgIpc) is 2.39. The van der Waals surface area contributed by atoms with Crippen LogP contribution in [0.15, 0.2) is 55.2 Å². The fourth-order valence-corrected chi connectivity index (χ4v) is 1.99. The van der Waals surface area contributed by atoms with E-state index in [1.807, 2.05) is 44.6 Å². The van der Waals surface area contributed by atoms with E-state index < -0.39 is 0 Å². The van der Waals surface area contributed by atoms with Gasteiger partial charge in [0.25, 0.3) is 0 Å². The maximum atomic E-state index is 4.48. The van der Waals surface area contributed by atoms with E-state index >= 15 is 0 Å². The molecule has 0 radical (unpaired) electrons. The largest absolute Gasteiger partial charge is 0.305 e. The topological polar surface area (TPSA) is 16.1 Å². The standard InChI is InChI=1S/C16H18N2.ClH/c1-13(12-18(2)3)16-15(10-7-11-17-16)14-8-5-4-6-9-14;/h4-11H,1,12H2,2-3H3;1H. The molecule has 0 atom stereocenters. The van der Waals surface area contributed by atoms with Crippen molar-refractivity contribution in [2.45, 2.75) is 0 Å². The van der Waals surface area contributed by atoms with Crippen molar-refractivity contribution in [3.63, 3.8) is 0 Å². The lowest BCUT2D eigenvalue weighted by Gasteiger charge is -2.14. The van der Waals surface area contributed by atoms with Crippen molar-refractivity contribution in [2.75, 3.05) is 20.6 Å². The number of aromatic nitrogens is 1. The first kappa shape index (κ1) is 15.4. The molecule has 3 heteroatoms. The highest BCUT2D eigenvalue weighted by Crippen LogP contribution is 2.26. The zero-order valence-electron chi connectivity index (χ0n) is 11.3. The first-order valence-corrected chi connectivity index (χ1v) is 6.02. The second-order valence-electron chi connectivity index (χ2n) is 4.61. The van der Waals surface area contributed by atoms with E-state index in [9.17, 15) is 0 Å². The molecule has 2 rings (SSSR count). The monoisotopic (exact) mass is 274 g/mol. The molecule has 0 fully saturated rings. The molecule has 19 heavy (non-hydrogen) atoms. The van der Waals surface area contributed by atoms with E-state index in [0.29, 0.717) is 0 Å². The Hall–Kier alpha value is -1.64. The third-order valence-electron chi connectivity index (χ3n) is 2.73. The number of likely N-dealkylation sites (N-methyl/N-ethyl adjacent to an activating group) is 1. The Kier molecular flexibility index (Phi) is 5.74. The van der Waals surface area contributed by atoms with Gasteiger partial charge in [0.05, 0.1) is 5.69 Å². The second-order valence-corrected chi connectivity index (χ2v) is 4.61. The van der Waals surface area contributed by atoms with Gasteiger partial charge in [0.1, 0.15) is 0 Å². The molecule has 0 N–H and O–H groups in total. The Bertz CT molecular complexity index is 535. The van der Waals surface area contributed by atoms with Gasteiger partial charge in [-0.05, 0) is 31.3 Å². The van der Waals surface area contributed by atoms with Gasteiger partial charge in [0, 0.05) is 18.3 Å². The molecule has 2 aromatic rings. The predicted molar refractivity (Wildman–Crippen MR) is 84.5 cm³/mol. The van der Waals surface area contributed by atoms with Gasteiger partial charge in [-0.3, -0.25) is 4.98 Å². The Morgan fingerprint density at radius 3 is 2.42 bits per heavy atom. The molecular formula is C16H19ClN2. The van der Waals surface area contributed by atoms with Crippen molar-refractivity contribution in [3.05, 3.63) is 60.9 Å². The summed E-state index contributed by atoms with van der Waals surface area (Å²) in [4.78, 5) is 6.58. The smallest absolute Gasteiger partial charge is 0.0747 e. The molecular weight excluding hydrogens is 256 g/mol. The van der Waals surface area contributed by atoms with Crippen LogP contribution in [0.5, 0.6) is 0 Å². The van der Waals surface area contributed by atoms with Crippen LogP contribution in [0.1, 0.15) is 5.69 Å². The lowest BCUT2D eigenvalue weighted by Crippen LogP contribution is -2.14. The summed E-state index contributed by atoms with van der Waals surface area (Å²) in [6.07, 6.45) is 1.82. The van der Waals surface area contributed by atoms with Crippen LogP contribution in [-0.4, -0.2) is 30.5 Å². The summed E-state index contributed by atoms with van der Waals surface area (Å²) in [7, 11) is 4.08. The molecule has 0 bridgehead atoms.